The molecule has 25 heavy (non-hydrogen) atoms. The Morgan fingerprint density at radius 1 is 1.16 bits per heavy atom. The molecule has 6 heteroatoms. The Kier molecular flexibility index (Phi) is 6.91. The molecule has 0 bridgehead atoms. The van der Waals surface area contributed by atoms with Gasteiger partial charge in [0.15, 0.2) is 5.11 Å². The van der Waals surface area contributed by atoms with Gasteiger partial charge in [0.25, 0.3) is 0 Å². The number of halogens is 1. The van der Waals surface area contributed by atoms with E-state index in [4.69, 9.17) is 23.8 Å². The maximum atomic E-state index is 12.4. The quantitative estimate of drug-likeness (QED) is 0.594. The van der Waals surface area contributed by atoms with Crippen LogP contribution in [0.5, 0.6) is 0 Å². The topological polar surface area (TPSA) is 54.0 Å². The van der Waals surface area contributed by atoms with E-state index in [-0.39, 0.29) is 16.9 Å². The van der Waals surface area contributed by atoms with Gasteiger partial charge in [0.05, 0.1) is 17.8 Å². The first-order valence-electron chi connectivity index (χ1n) is 8.17. The van der Waals surface area contributed by atoms with Crippen molar-refractivity contribution in [3.05, 3.63) is 58.9 Å². The number of aromatic nitrogens is 1. The third-order valence-electron chi connectivity index (χ3n) is 3.74. The maximum Gasteiger partial charge on any atom is 0.233 e. The number of pyridine rings is 1. The SMILES string of the molecule is CC(C)Cc1ccc(C(C)C(=O)NC(=S)Nc2ccc(Cl)nc2)cc1. The number of nitrogens with zero attached hydrogens (tertiary/aromatic N) is 1. The molecule has 2 N–H and O–H groups in total. The average Bonchev–Trinajstić information content (AvgIpc) is 2.56. The van der Waals surface area contributed by atoms with Crippen LogP contribution in [0.4, 0.5) is 5.69 Å². The van der Waals surface area contributed by atoms with Gasteiger partial charge in [0.2, 0.25) is 5.91 Å². The van der Waals surface area contributed by atoms with Gasteiger partial charge in [0, 0.05) is 0 Å². The zero-order chi connectivity index (χ0) is 18.4. The molecule has 4 nitrogen and oxygen atoms in total. The lowest BCUT2D eigenvalue weighted by atomic mass is 9.96. The summed E-state index contributed by atoms with van der Waals surface area (Å²) in [5.41, 5.74) is 2.90. The van der Waals surface area contributed by atoms with E-state index < -0.39 is 0 Å². The Hall–Kier alpha value is -1.98. The number of anilines is 1. The minimum Gasteiger partial charge on any atom is -0.331 e. The molecular weight excluding hydrogens is 354 g/mol. The van der Waals surface area contributed by atoms with Gasteiger partial charge in [-0.25, -0.2) is 4.98 Å². The van der Waals surface area contributed by atoms with E-state index in [9.17, 15) is 4.79 Å². The number of benzene rings is 1. The van der Waals surface area contributed by atoms with Crippen molar-refractivity contribution in [3.8, 4) is 0 Å². The molecular formula is C19H22ClN3OS. The summed E-state index contributed by atoms with van der Waals surface area (Å²) in [4.78, 5) is 16.3. The normalized spacial score (nSPS) is 11.9. The van der Waals surface area contributed by atoms with Crippen LogP contribution in [0, 0.1) is 5.92 Å². The number of amides is 1. The van der Waals surface area contributed by atoms with Gasteiger partial charge < -0.3 is 10.6 Å². The van der Waals surface area contributed by atoms with Crippen molar-refractivity contribution in [1.82, 2.24) is 10.3 Å². The number of nitrogens with one attached hydrogen (secondary N) is 2. The predicted molar refractivity (Wildman–Crippen MR) is 107 cm³/mol. The minimum absolute atomic E-state index is 0.156. The summed E-state index contributed by atoms with van der Waals surface area (Å²) in [6.45, 7) is 6.24. The molecule has 1 atom stereocenters. The fraction of sp³-hybridized carbons (Fsp3) is 0.316. The largest absolute Gasteiger partial charge is 0.331 e. The van der Waals surface area contributed by atoms with Crippen LogP contribution >= 0.6 is 23.8 Å². The molecule has 2 aromatic rings. The molecule has 2 rings (SSSR count). The predicted octanol–water partition coefficient (Wildman–Crippen LogP) is 4.55. The van der Waals surface area contributed by atoms with Crippen LogP contribution in [-0.4, -0.2) is 16.0 Å². The first-order chi connectivity index (χ1) is 11.8. The second-order valence-corrected chi connectivity index (χ2v) is 7.17. The van der Waals surface area contributed by atoms with Crippen LogP contribution in [0.3, 0.4) is 0 Å². The lowest BCUT2D eigenvalue weighted by Crippen LogP contribution is -2.36. The van der Waals surface area contributed by atoms with Crippen molar-refractivity contribution in [2.45, 2.75) is 33.1 Å². The molecule has 1 aromatic heterocycles. The Bertz CT molecular complexity index is 729. The van der Waals surface area contributed by atoms with Crippen molar-refractivity contribution in [1.29, 1.82) is 0 Å². The summed E-state index contributed by atoms with van der Waals surface area (Å²) in [6, 6.07) is 11.5. The molecule has 0 aliphatic heterocycles. The third kappa shape index (κ3) is 6.11. The summed E-state index contributed by atoms with van der Waals surface area (Å²) in [5, 5.41) is 6.26. The lowest BCUT2D eigenvalue weighted by molar-refractivity contribution is -0.120. The third-order valence-corrected chi connectivity index (χ3v) is 4.17. The van der Waals surface area contributed by atoms with E-state index in [1.54, 1.807) is 18.3 Å². The van der Waals surface area contributed by atoms with Gasteiger partial charge in [-0.2, -0.15) is 0 Å². The molecule has 0 radical (unpaired) electrons. The average molecular weight is 376 g/mol. The summed E-state index contributed by atoms with van der Waals surface area (Å²) >= 11 is 10.9. The number of hydrogen-bond donors (Lipinski definition) is 2. The fourth-order valence-electron chi connectivity index (χ4n) is 2.40. The van der Waals surface area contributed by atoms with Crippen LogP contribution in [0.2, 0.25) is 5.15 Å². The fourth-order valence-corrected chi connectivity index (χ4v) is 2.73. The van der Waals surface area contributed by atoms with Crippen molar-refractivity contribution in [2.75, 3.05) is 5.32 Å². The monoisotopic (exact) mass is 375 g/mol. The molecule has 0 saturated carbocycles. The maximum absolute atomic E-state index is 12.4. The van der Waals surface area contributed by atoms with Crippen molar-refractivity contribution in [3.63, 3.8) is 0 Å². The highest BCUT2D eigenvalue weighted by molar-refractivity contribution is 7.80. The zero-order valence-corrected chi connectivity index (χ0v) is 16.1. The van der Waals surface area contributed by atoms with E-state index in [1.807, 2.05) is 19.1 Å². The molecule has 0 saturated heterocycles. The molecule has 0 fully saturated rings. The molecule has 0 aliphatic carbocycles. The molecule has 1 unspecified atom stereocenters. The lowest BCUT2D eigenvalue weighted by Gasteiger charge is -2.15. The second-order valence-electron chi connectivity index (χ2n) is 6.37. The zero-order valence-electron chi connectivity index (χ0n) is 14.5. The molecule has 0 aliphatic rings. The Labute approximate surface area is 159 Å². The molecule has 1 amide bonds. The Morgan fingerprint density at radius 2 is 1.84 bits per heavy atom. The van der Waals surface area contributed by atoms with Gasteiger partial charge in [-0.1, -0.05) is 49.7 Å². The standard InChI is InChI=1S/C19H22ClN3OS/c1-12(2)10-14-4-6-15(7-5-14)13(3)18(24)23-19(25)22-16-8-9-17(20)21-11-16/h4-9,11-13H,10H2,1-3H3,(H2,22,23,24,25). The van der Waals surface area contributed by atoms with E-state index in [0.29, 0.717) is 16.8 Å². The van der Waals surface area contributed by atoms with E-state index in [1.165, 1.54) is 5.56 Å². The summed E-state index contributed by atoms with van der Waals surface area (Å²) in [5.74, 6) is 0.157. The van der Waals surface area contributed by atoms with Crippen LogP contribution in [-0.2, 0) is 11.2 Å². The summed E-state index contributed by atoms with van der Waals surface area (Å²) in [7, 11) is 0. The van der Waals surface area contributed by atoms with E-state index in [2.05, 4.69) is 41.6 Å². The highest BCUT2D eigenvalue weighted by Crippen LogP contribution is 2.18. The van der Waals surface area contributed by atoms with Gasteiger partial charge in [-0.15, -0.1) is 0 Å². The van der Waals surface area contributed by atoms with Crippen LogP contribution in [0.1, 0.15) is 37.8 Å². The highest BCUT2D eigenvalue weighted by Gasteiger charge is 2.16. The van der Waals surface area contributed by atoms with Crippen molar-refractivity contribution >= 4 is 40.5 Å². The van der Waals surface area contributed by atoms with E-state index >= 15 is 0 Å². The van der Waals surface area contributed by atoms with Gasteiger partial charge in [0.1, 0.15) is 5.15 Å². The molecule has 1 aromatic carbocycles. The molecule has 0 spiro atoms. The number of hydrogen-bond acceptors (Lipinski definition) is 3. The summed E-state index contributed by atoms with van der Waals surface area (Å²) in [6.07, 6.45) is 2.58. The molecule has 1 heterocycles. The number of carbonyl (C=O) groups excluding carboxylic acids is 1. The number of rotatable bonds is 5. The van der Waals surface area contributed by atoms with Gasteiger partial charge in [-0.05, 0) is 54.7 Å². The Balaban J connectivity index is 1.92. The van der Waals surface area contributed by atoms with Crippen molar-refractivity contribution < 1.29 is 4.79 Å². The first-order valence-corrected chi connectivity index (χ1v) is 8.96. The van der Waals surface area contributed by atoms with Gasteiger partial charge >= 0.3 is 0 Å². The van der Waals surface area contributed by atoms with Crippen LogP contribution in [0.15, 0.2) is 42.6 Å². The van der Waals surface area contributed by atoms with Crippen molar-refractivity contribution in [2.24, 2.45) is 5.92 Å². The summed E-state index contributed by atoms with van der Waals surface area (Å²) < 4.78 is 0. The first kappa shape index (κ1) is 19.3. The smallest absolute Gasteiger partial charge is 0.233 e. The number of thiocarbonyl (C=S) groups is 1. The van der Waals surface area contributed by atoms with E-state index in [0.717, 1.165) is 12.0 Å². The van der Waals surface area contributed by atoms with Crippen LogP contribution < -0.4 is 10.6 Å². The highest BCUT2D eigenvalue weighted by atomic mass is 35.5. The minimum atomic E-state index is -0.295. The Morgan fingerprint density at radius 3 is 2.40 bits per heavy atom. The second kappa shape index (κ2) is 8.92. The van der Waals surface area contributed by atoms with Gasteiger partial charge in [-0.3, -0.25) is 4.79 Å². The molecule has 132 valence electrons. The number of carbonyl (C=O) groups is 1. The van der Waals surface area contributed by atoms with Crippen LogP contribution in [0.25, 0.3) is 0 Å².